The molecule has 0 radical (unpaired) electrons. The van der Waals surface area contributed by atoms with Crippen molar-refractivity contribution in [3.63, 3.8) is 0 Å². The number of aromatic nitrogens is 1. The summed E-state index contributed by atoms with van der Waals surface area (Å²) in [7, 11) is 0. The Morgan fingerprint density at radius 1 is 1.24 bits per heavy atom. The number of carboxylic acids is 1. The summed E-state index contributed by atoms with van der Waals surface area (Å²) < 4.78 is 10.7. The molecule has 3 rings (SSSR count). The smallest absolute Gasteiger partial charge is 0.351 e. The summed E-state index contributed by atoms with van der Waals surface area (Å²) in [6, 6.07) is 10.3. The van der Waals surface area contributed by atoms with Gasteiger partial charge in [0.1, 0.15) is 16.9 Å². The summed E-state index contributed by atoms with van der Waals surface area (Å²) in [5.41, 5.74) is 1.16. The highest BCUT2D eigenvalue weighted by Gasteiger charge is 2.12. The van der Waals surface area contributed by atoms with Gasteiger partial charge in [0.15, 0.2) is 0 Å². The summed E-state index contributed by atoms with van der Waals surface area (Å²) in [5.74, 6) is -0.754. The van der Waals surface area contributed by atoms with Gasteiger partial charge < -0.3 is 14.3 Å². The van der Waals surface area contributed by atoms with E-state index in [4.69, 9.17) is 14.3 Å². The number of carboxylic acid groups (broad SMARTS) is 1. The molecule has 0 atom stereocenters. The number of aryl methyl sites for hydroxylation is 1. The number of nitrogens with zero attached hydrogens (tertiary/aromatic N) is 1. The average molecular weight is 339 g/mol. The van der Waals surface area contributed by atoms with E-state index in [1.54, 1.807) is 18.2 Å². The van der Waals surface area contributed by atoms with Crippen LogP contribution >= 0.6 is 0 Å². The lowest BCUT2D eigenvalue weighted by atomic mass is 10.2. The number of carbonyl (C=O) groups is 1. The minimum atomic E-state index is -1.31. The van der Waals surface area contributed by atoms with Gasteiger partial charge in [-0.2, -0.15) is 0 Å². The highest BCUT2D eigenvalue weighted by atomic mass is 16.5. The second-order valence-corrected chi connectivity index (χ2v) is 5.56. The molecule has 0 spiro atoms. The number of benzene rings is 1. The van der Waals surface area contributed by atoms with E-state index in [2.05, 4.69) is 11.9 Å². The van der Waals surface area contributed by atoms with Crippen molar-refractivity contribution >= 4 is 16.9 Å². The predicted molar refractivity (Wildman–Crippen MR) is 92.3 cm³/mol. The van der Waals surface area contributed by atoms with E-state index in [0.717, 1.165) is 17.7 Å². The first-order valence-electron chi connectivity index (χ1n) is 7.94. The lowest BCUT2D eigenvalue weighted by molar-refractivity contribution is 0.0692. The van der Waals surface area contributed by atoms with Gasteiger partial charge >= 0.3 is 11.6 Å². The van der Waals surface area contributed by atoms with Gasteiger partial charge in [0, 0.05) is 29.8 Å². The Labute approximate surface area is 143 Å². The first-order chi connectivity index (χ1) is 12.1. The Kier molecular flexibility index (Phi) is 4.79. The number of hydrogen-bond donors (Lipinski definition) is 1. The number of rotatable bonds is 6. The van der Waals surface area contributed by atoms with Crippen LogP contribution in [-0.2, 0) is 12.8 Å². The molecule has 0 aliphatic heterocycles. The molecule has 25 heavy (non-hydrogen) atoms. The van der Waals surface area contributed by atoms with Gasteiger partial charge in [0.25, 0.3) is 0 Å². The van der Waals surface area contributed by atoms with Crippen molar-refractivity contribution < 1.29 is 19.1 Å². The lowest BCUT2D eigenvalue weighted by Crippen LogP contribution is -2.12. The topological polar surface area (TPSA) is 89.6 Å². The van der Waals surface area contributed by atoms with E-state index in [-0.39, 0.29) is 5.56 Å². The molecule has 0 aliphatic rings. The maximum atomic E-state index is 11.6. The molecule has 2 heterocycles. The number of hydrogen-bond acceptors (Lipinski definition) is 5. The Morgan fingerprint density at radius 3 is 2.76 bits per heavy atom. The van der Waals surface area contributed by atoms with Gasteiger partial charge in [-0.05, 0) is 36.2 Å². The molecule has 3 aromatic rings. The van der Waals surface area contributed by atoms with Crippen molar-refractivity contribution in [2.75, 3.05) is 6.61 Å². The average Bonchev–Trinajstić information content (AvgIpc) is 2.61. The quantitative estimate of drug-likeness (QED) is 0.694. The van der Waals surface area contributed by atoms with Crippen LogP contribution < -0.4 is 10.4 Å². The van der Waals surface area contributed by atoms with Gasteiger partial charge in [-0.25, -0.2) is 9.59 Å². The zero-order valence-electron chi connectivity index (χ0n) is 13.7. The third-order valence-electron chi connectivity index (χ3n) is 3.85. The Morgan fingerprint density at radius 2 is 2.08 bits per heavy atom. The Hall–Kier alpha value is -3.15. The maximum Gasteiger partial charge on any atom is 0.351 e. The van der Waals surface area contributed by atoms with Gasteiger partial charge in [0.05, 0.1) is 6.61 Å². The molecule has 0 saturated heterocycles. The molecule has 0 unspecified atom stereocenters. The fourth-order valence-corrected chi connectivity index (χ4v) is 2.43. The number of pyridine rings is 1. The van der Waals surface area contributed by atoms with Crippen LogP contribution in [0.2, 0.25) is 0 Å². The molecular formula is C19H17NO5. The molecule has 6 heteroatoms. The Balaban J connectivity index is 1.70. The summed E-state index contributed by atoms with van der Waals surface area (Å²) in [5, 5.41) is 9.48. The first-order valence-corrected chi connectivity index (χ1v) is 7.94. The minimum absolute atomic E-state index is 0.293. The molecule has 128 valence electrons. The molecule has 0 bridgehead atoms. The largest absolute Gasteiger partial charge is 0.493 e. The van der Waals surface area contributed by atoms with Gasteiger partial charge in [-0.15, -0.1) is 0 Å². The second-order valence-electron chi connectivity index (χ2n) is 5.56. The summed E-state index contributed by atoms with van der Waals surface area (Å²) in [6.07, 6.45) is 3.45. The molecule has 0 amide bonds. The number of aromatic carboxylic acids is 1. The lowest BCUT2D eigenvalue weighted by Gasteiger charge is -2.07. The molecule has 6 nitrogen and oxygen atoms in total. The van der Waals surface area contributed by atoms with Crippen LogP contribution in [0.3, 0.4) is 0 Å². The van der Waals surface area contributed by atoms with Crippen molar-refractivity contribution in [2.24, 2.45) is 0 Å². The monoisotopic (exact) mass is 339 g/mol. The SMILES string of the molecule is CCc1ccc(CCOc2ccc3cc(C(=O)O)c(=O)oc3c2)cn1. The third kappa shape index (κ3) is 3.85. The molecule has 1 aromatic carbocycles. The van der Waals surface area contributed by atoms with E-state index in [1.165, 1.54) is 6.07 Å². The van der Waals surface area contributed by atoms with Crippen molar-refractivity contribution in [3.05, 3.63) is 69.8 Å². The molecule has 0 fully saturated rings. The normalized spacial score (nSPS) is 10.8. The highest BCUT2D eigenvalue weighted by Crippen LogP contribution is 2.20. The summed E-state index contributed by atoms with van der Waals surface area (Å²) >= 11 is 0. The zero-order chi connectivity index (χ0) is 17.8. The van der Waals surface area contributed by atoms with E-state index in [1.807, 2.05) is 18.3 Å². The van der Waals surface area contributed by atoms with Crippen LogP contribution in [0.1, 0.15) is 28.5 Å². The van der Waals surface area contributed by atoms with E-state index in [9.17, 15) is 9.59 Å². The van der Waals surface area contributed by atoms with Crippen molar-refractivity contribution in [1.82, 2.24) is 4.98 Å². The molecule has 1 N–H and O–H groups in total. The summed E-state index contributed by atoms with van der Waals surface area (Å²) in [4.78, 5) is 26.9. The minimum Gasteiger partial charge on any atom is -0.493 e. The molecule has 0 aliphatic carbocycles. The highest BCUT2D eigenvalue weighted by molar-refractivity contribution is 5.91. The molecular weight excluding hydrogens is 322 g/mol. The zero-order valence-corrected chi connectivity index (χ0v) is 13.7. The first kappa shape index (κ1) is 16.7. The van der Waals surface area contributed by atoms with Crippen LogP contribution in [-0.4, -0.2) is 22.7 Å². The maximum absolute atomic E-state index is 11.6. The van der Waals surface area contributed by atoms with E-state index in [0.29, 0.717) is 29.7 Å². The standard InChI is InChI=1S/C19H17NO5/c1-2-14-5-3-12(11-20-14)7-8-24-15-6-4-13-9-16(18(21)22)19(23)25-17(13)10-15/h3-6,9-11H,2,7-8H2,1H3,(H,21,22). The van der Waals surface area contributed by atoms with Crippen LogP contribution in [0, 0.1) is 0 Å². The summed E-state index contributed by atoms with van der Waals surface area (Å²) in [6.45, 7) is 2.51. The predicted octanol–water partition coefficient (Wildman–Crippen LogP) is 3.07. The van der Waals surface area contributed by atoms with E-state index >= 15 is 0 Å². The van der Waals surface area contributed by atoms with Gasteiger partial charge in [-0.3, -0.25) is 4.98 Å². The van der Waals surface area contributed by atoms with Crippen LogP contribution in [0.4, 0.5) is 0 Å². The number of ether oxygens (including phenoxy) is 1. The second kappa shape index (κ2) is 7.17. The van der Waals surface area contributed by atoms with Crippen molar-refractivity contribution in [3.8, 4) is 5.75 Å². The van der Waals surface area contributed by atoms with E-state index < -0.39 is 11.6 Å². The number of fused-ring (bicyclic) bond motifs is 1. The van der Waals surface area contributed by atoms with Gasteiger partial charge in [-0.1, -0.05) is 13.0 Å². The fourth-order valence-electron chi connectivity index (χ4n) is 2.43. The van der Waals surface area contributed by atoms with Crippen molar-refractivity contribution in [1.29, 1.82) is 0 Å². The van der Waals surface area contributed by atoms with Crippen LogP contribution in [0.5, 0.6) is 5.75 Å². The fraction of sp³-hybridized carbons (Fsp3) is 0.211. The Bertz CT molecular complexity index is 960. The van der Waals surface area contributed by atoms with Crippen LogP contribution in [0.25, 0.3) is 11.0 Å². The van der Waals surface area contributed by atoms with Gasteiger partial charge in [0.2, 0.25) is 0 Å². The molecule has 2 aromatic heterocycles. The van der Waals surface area contributed by atoms with Crippen molar-refractivity contribution in [2.45, 2.75) is 19.8 Å². The van der Waals surface area contributed by atoms with Crippen LogP contribution in [0.15, 0.2) is 51.8 Å². The molecule has 0 saturated carbocycles. The third-order valence-corrected chi connectivity index (χ3v) is 3.85.